The topological polar surface area (TPSA) is 69.7 Å². The molecular formula is C21H20FN3O3. The van der Waals surface area contributed by atoms with Gasteiger partial charge in [0.2, 0.25) is 11.8 Å². The first kappa shape index (κ1) is 18.2. The summed E-state index contributed by atoms with van der Waals surface area (Å²) in [5.41, 5.74) is 1.33. The van der Waals surface area contributed by atoms with Gasteiger partial charge in [0.1, 0.15) is 18.4 Å². The molecular weight excluding hydrogens is 361 g/mol. The van der Waals surface area contributed by atoms with Gasteiger partial charge in [-0.25, -0.2) is 4.39 Å². The van der Waals surface area contributed by atoms with E-state index in [1.165, 1.54) is 21.9 Å². The first-order chi connectivity index (χ1) is 13.5. The molecule has 2 aliphatic heterocycles. The van der Waals surface area contributed by atoms with Crippen molar-refractivity contribution in [3.63, 3.8) is 0 Å². The fourth-order valence-electron chi connectivity index (χ4n) is 3.79. The molecule has 4 rings (SSSR count). The summed E-state index contributed by atoms with van der Waals surface area (Å²) in [5.74, 6) is -1.56. The number of amides is 3. The van der Waals surface area contributed by atoms with E-state index in [1.807, 2.05) is 30.3 Å². The molecule has 2 aromatic carbocycles. The van der Waals surface area contributed by atoms with Gasteiger partial charge in [-0.1, -0.05) is 30.3 Å². The van der Waals surface area contributed by atoms with Crippen molar-refractivity contribution in [1.82, 2.24) is 10.2 Å². The van der Waals surface area contributed by atoms with E-state index in [9.17, 15) is 18.8 Å². The number of hydrogen-bond donors (Lipinski definition) is 1. The van der Waals surface area contributed by atoms with Crippen LogP contribution in [0.15, 0.2) is 48.5 Å². The highest BCUT2D eigenvalue weighted by Gasteiger charge is 2.42. The molecule has 2 aromatic rings. The summed E-state index contributed by atoms with van der Waals surface area (Å²) in [5, 5.41) is 2.78. The molecule has 2 heterocycles. The summed E-state index contributed by atoms with van der Waals surface area (Å²) in [6.07, 6.45) is 1.27. The highest BCUT2D eigenvalue weighted by Crippen LogP contribution is 2.32. The number of benzene rings is 2. The van der Waals surface area contributed by atoms with Crippen LogP contribution in [0.4, 0.5) is 10.1 Å². The van der Waals surface area contributed by atoms with Crippen LogP contribution < -0.4 is 10.2 Å². The maximum atomic E-state index is 13.9. The lowest BCUT2D eigenvalue weighted by molar-refractivity contribution is -0.125. The molecule has 2 aliphatic rings. The third kappa shape index (κ3) is 3.35. The first-order valence-corrected chi connectivity index (χ1v) is 9.27. The van der Waals surface area contributed by atoms with Crippen molar-refractivity contribution in [1.29, 1.82) is 0 Å². The van der Waals surface area contributed by atoms with E-state index >= 15 is 0 Å². The van der Waals surface area contributed by atoms with Crippen LogP contribution in [0.3, 0.4) is 0 Å². The molecule has 1 N–H and O–H groups in total. The zero-order chi connectivity index (χ0) is 19.7. The van der Waals surface area contributed by atoms with Gasteiger partial charge in [-0.3, -0.25) is 14.4 Å². The van der Waals surface area contributed by atoms with E-state index in [4.69, 9.17) is 0 Å². The summed E-state index contributed by atoms with van der Waals surface area (Å²) in [6, 6.07) is 12.5. The fourth-order valence-corrected chi connectivity index (χ4v) is 3.79. The van der Waals surface area contributed by atoms with Gasteiger partial charge in [-0.05, 0) is 36.6 Å². The van der Waals surface area contributed by atoms with Crippen molar-refractivity contribution in [2.45, 2.75) is 25.4 Å². The van der Waals surface area contributed by atoms with Crippen molar-refractivity contribution in [3.8, 4) is 0 Å². The van der Waals surface area contributed by atoms with E-state index in [2.05, 4.69) is 5.32 Å². The average molecular weight is 381 g/mol. The Morgan fingerprint density at radius 2 is 1.93 bits per heavy atom. The Morgan fingerprint density at radius 1 is 1.14 bits per heavy atom. The Kier molecular flexibility index (Phi) is 4.81. The second-order valence-corrected chi connectivity index (χ2v) is 7.00. The molecule has 1 atom stereocenters. The Hall–Kier alpha value is -3.22. The van der Waals surface area contributed by atoms with Gasteiger partial charge >= 0.3 is 0 Å². The average Bonchev–Trinajstić information content (AvgIpc) is 3.17. The van der Waals surface area contributed by atoms with Crippen LogP contribution >= 0.6 is 0 Å². The summed E-state index contributed by atoms with van der Waals surface area (Å²) in [4.78, 5) is 41.2. The normalized spacial score (nSPS) is 18.5. The number of nitrogens with zero attached hydrogens (tertiary/aromatic N) is 2. The lowest BCUT2D eigenvalue weighted by Crippen LogP contribution is -2.48. The summed E-state index contributed by atoms with van der Waals surface area (Å²) < 4.78 is 13.9. The van der Waals surface area contributed by atoms with Crippen LogP contribution in [-0.4, -0.2) is 41.8 Å². The molecule has 1 unspecified atom stereocenters. The van der Waals surface area contributed by atoms with Gasteiger partial charge in [0.05, 0.1) is 11.3 Å². The Balaban J connectivity index is 1.60. The monoisotopic (exact) mass is 381 g/mol. The SMILES string of the molecule is O=C(CN1C(=O)C2CCCN2C(=O)c2ccc(F)cc21)NCc1ccccc1. The number of fused-ring (bicyclic) bond motifs is 2. The second kappa shape index (κ2) is 7.42. The fraction of sp³-hybridized carbons (Fsp3) is 0.286. The Morgan fingerprint density at radius 3 is 2.71 bits per heavy atom. The zero-order valence-corrected chi connectivity index (χ0v) is 15.2. The predicted molar refractivity (Wildman–Crippen MR) is 101 cm³/mol. The number of nitrogens with one attached hydrogen (secondary N) is 1. The Bertz CT molecular complexity index is 932. The molecule has 6 nitrogen and oxygen atoms in total. The number of halogens is 1. The van der Waals surface area contributed by atoms with Crippen LogP contribution in [0.5, 0.6) is 0 Å². The van der Waals surface area contributed by atoms with Crippen molar-refractivity contribution in [2.24, 2.45) is 0 Å². The molecule has 1 saturated heterocycles. The predicted octanol–water partition coefficient (Wildman–Crippen LogP) is 2.09. The molecule has 0 aliphatic carbocycles. The standard InChI is InChI=1S/C21H20FN3O3/c22-15-8-9-16-18(11-15)25(21(28)17-7-4-10-24(17)20(16)27)13-19(26)23-12-14-5-2-1-3-6-14/h1-3,5-6,8-9,11,17H,4,7,10,12-13H2,(H,23,26). The van der Waals surface area contributed by atoms with E-state index in [1.54, 1.807) is 0 Å². The minimum Gasteiger partial charge on any atom is -0.350 e. The lowest BCUT2D eigenvalue weighted by Gasteiger charge is -2.25. The van der Waals surface area contributed by atoms with Gasteiger partial charge in [0.15, 0.2) is 0 Å². The van der Waals surface area contributed by atoms with Crippen molar-refractivity contribution < 1.29 is 18.8 Å². The van der Waals surface area contributed by atoms with Gasteiger partial charge < -0.3 is 15.1 Å². The molecule has 144 valence electrons. The quantitative estimate of drug-likeness (QED) is 0.882. The molecule has 28 heavy (non-hydrogen) atoms. The van der Waals surface area contributed by atoms with Gasteiger partial charge in [-0.2, -0.15) is 0 Å². The molecule has 3 amide bonds. The minimum absolute atomic E-state index is 0.152. The maximum Gasteiger partial charge on any atom is 0.256 e. The molecule has 1 fully saturated rings. The lowest BCUT2D eigenvalue weighted by atomic mass is 10.1. The van der Waals surface area contributed by atoms with Crippen LogP contribution in [-0.2, 0) is 16.1 Å². The molecule has 0 bridgehead atoms. The van der Waals surface area contributed by atoms with E-state index in [0.717, 1.165) is 18.1 Å². The smallest absolute Gasteiger partial charge is 0.256 e. The minimum atomic E-state index is -0.607. The van der Waals surface area contributed by atoms with Gasteiger partial charge in [0.25, 0.3) is 5.91 Å². The second-order valence-electron chi connectivity index (χ2n) is 7.00. The highest BCUT2D eigenvalue weighted by molar-refractivity contribution is 6.12. The van der Waals surface area contributed by atoms with Crippen LogP contribution in [0.25, 0.3) is 0 Å². The van der Waals surface area contributed by atoms with E-state index in [0.29, 0.717) is 19.5 Å². The highest BCUT2D eigenvalue weighted by atomic mass is 19.1. The molecule has 0 aromatic heterocycles. The van der Waals surface area contributed by atoms with Crippen LogP contribution in [0.1, 0.15) is 28.8 Å². The zero-order valence-electron chi connectivity index (χ0n) is 15.2. The Labute approximate surface area is 161 Å². The summed E-state index contributed by atoms with van der Waals surface area (Å²) in [7, 11) is 0. The van der Waals surface area contributed by atoms with Crippen molar-refractivity contribution in [3.05, 3.63) is 65.5 Å². The number of anilines is 1. The van der Waals surface area contributed by atoms with Crippen molar-refractivity contribution >= 4 is 23.4 Å². The summed E-state index contributed by atoms with van der Waals surface area (Å²) >= 11 is 0. The number of carbonyl (C=O) groups is 3. The first-order valence-electron chi connectivity index (χ1n) is 9.27. The van der Waals surface area contributed by atoms with Crippen LogP contribution in [0, 0.1) is 5.82 Å². The van der Waals surface area contributed by atoms with Gasteiger partial charge in [-0.15, -0.1) is 0 Å². The van der Waals surface area contributed by atoms with E-state index in [-0.39, 0.29) is 35.5 Å². The maximum absolute atomic E-state index is 13.9. The molecule has 0 radical (unpaired) electrons. The number of carbonyl (C=O) groups excluding carboxylic acids is 3. The van der Waals surface area contributed by atoms with E-state index < -0.39 is 11.9 Å². The largest absolute Gasteiger partial charge is 0.350 e. The third-order valence-corrected chi connectivity index (χ3v) is 5.18. The third-order valence-electron chi connectivity index (χ3n) is 5.18. The number of hydrogen-bond acceptors (Lipinski definition) is 3. The molecule has 7 heteroatoms. The summed E-state index contributed by atoms with van der Waals surface area (Å²) in [6.45, 7) is 0.548. The molecule has 0 spiro atoms. The molecule has 0 saturated carbocycles. The van der Waals surface area contributed by atoms with Crippen LogP contribution in [0.2, 0.25) is 0 Å². The number of rotatable bonds is 4. The van der Waals surface area contributed by atoms with Gasteiger partial charge in [0, 0.05) is 13.1 Å². The van der Waals surface area contributed by atoms with Crippen molar-refractivity contribution in [2.75, 3.05) is 18.0 Å².